The number of hydrogen-bond donors (Lipinski definition) is 1. The molecule has 0 radical (unpaired) electrons. The Kier molecular flexibility index (Phi) is 5.50. The highest BCUT2D eigenvalue weighted by Gasteiger charge is 2.65. The summed E-state index contributed by atoms with van der Waals surface area (Å²) in [6.07, 6.45) is 7.02. The van der Waals surface area contributed by atoms with Crippen molar-refractivity contribution in [3.63, 3.8) is 0 Å². The largest absolute Gasteiger partial charge is 0.332 e. The number of hydrogen-bond acceptors (Lipinski definition) is 3. The van der Waals surface area contributed by atoms with Crippen LogP contribution in [0.25, 0.3) is 0 Å². The van der Waals surface area contributed by atoms with E-state index in [1.807, 2.05) is 0 Å². The van der Waals surface area contributed by atoms with Gasteiger partial charge < -0.3 is 4.98 Å². The smallest absolute Gasteiger partial charge is 0.125 e. The van der Waals surface area contributed by atoms with E-state index in [2.05, 4.69) is 96.3 Å². The highest BCUT2D eigenvalue weighted by molar-refractivity contribution is 8.04. The molecule has 2 aliphatic carbocycles. The zero-order valence-electron chi connectivity index (χ0n) is 20.7. The fourth-order valence-corrected chi connectivity index (χ4v) is 15.1. The van der Waals surface area contributed by atoms with Gasteiger partial charge in [-0.25, -0.2) is 0 Å². The third-order valence-electron chi connectivity index (χ3n) is 8.80. The van der Waals surface area contributed by atoms with Crippen molar-refractivity contribution in [1.29, 1.82) is 0 Å². The van der Waals surface area contributed by atoms with Crippen LogP contribution in [0.4, 0.5) is 0 Å². The van der Waals surface area contributed by atoms with Gasteiger partial charge in [0, 0.05) is 22.9 Å². The van der Waals surface area contributed by atoms with E-state index >= 15 is 0 Å². The molecule has 1 saturated heterocycles. The molecule has 0 amide bonds. The predicted molar refractivity (Wildman–Crippen MR) is 132 cm³/mol. The third kappa shape index (κ3) is 3.83. The van der Waals surface area contributed by atoms with E-state index < -0.39 is 8.24 Å². The lowest BCUT2D eigenvalue weighted by molar-refractivity contribution is 0.0836. The number of thioether (sulfide) groups is 1. The SMILES string of the molecule is CC1=CC2C(S1)C([Si](C)(C)NC(C)(C)C)C1C2C2CCC(C(C)(C)C)CC2N1C. The second-order valence-corrected chi connectivity index (χ2v) is 19.2. The van der Waals surface area contributed by atoms with E-state index in [1.165, 1.54) is 19.3 Å². The Morgan fingerprint density at radius 3 is 2.34 bits per heavy atom. The van der Waals surface area contributed by atoms with Gasteiger partial charge in [0.1, 0.15) is 8.24 Å². The van der Waals surface area contributed by atoms with Crippen molar-refractivity contribution in [3.8, 4) is 0 Å². The van der Waals surface area contributed by atoms with Crippen molar-refractivity contribution in [2.45, 2.75) is 109 Å². The molecule has 4 aliphatic rings. The molecule has 0 aromatic rings. The average Bonchev–Trinajstić information content (AvgIpc) is 3.12. The molecule has 0 aromatic heterocycles. The number of nitrogens with one attached hydrogen (secondary N) is 1. The molecule has 1 N–H and O–H groups in total. The minimum atomic E-state index is -1.61. The quantitative estimate of drug-likeness (QED) is 0.509. The highest BCUT2D eigenvalue weighted by atomic mass is 32.2. The second-order valence-electron chi connectivity index (χ2n) is 13.4. The summed E-state index contributed by atoms with van der Waals surface area (Å²) < 4.78 is 0. The van der Waals surface area contributed by atoms with Gasteiger partial charge in [-0.3, -0.25) is 4.90 Å². The Balaban J connectivity index is 1.68. The number of likely N-dealkylation sites (tertiary alicyclic amines) is 1. The maximum absolute atomic E-state index is 4.19. The van der Waals surface area contributed by atoms with Crippen LogP contribution in [0.2, 0.25) is 18.6 Å². The van der Waals surface area contributed by atoms with Crippen LogP contribution in [0.3, 0.4) is 0 Å². The van der Waals surface area contributed by atoms with E-state index in [1.54, 1.807) is 4.91 Å². The summed E-state index contributed by atoms with van der Waals surface area (Å²) in [5.74, 6) is 3.50. The molecule has 4 rings (SSSR count). The Hall–Kier alpha value is 0.227. The fraction of sp³-hybridized carbons (Fsp3) is 0.920. The van der Waals surface area contributed by atoms with Crippen LogP contribution in [-0.4, -0.2) is 43.1 Å². The lowest BCUT2D eigenvalue weighted by Gasteiger charge is -2.46. The topological polar surface area (TPSA) is 15.3 Å². The van der Waals surface area contributed by atoms with Crippen molar-refractivity contribution in [3.05, 3.63) is 11.0 Å². The molecule has 0 spiro atoms. The number of allylic oxidation sites excluding steroid dienone is 2. The van der Waals surface area contributed by atoms with Gasteiger partial charge in [0.25, 0.3) is 0 Å². The lowest BCUT2D eigenvalue weighted by atomic mass is 9.65. The summed E-state index contributed by atoms with van der Waals surface area (Å²) in [7, 11) is 0.892. The molecule has 166 valence electrons. The number of rotatable bonds is 2. The Morgan fingerprint density at radius 1 is 1.10 bits per heavy atom. The Labute approximate surface area is 186 Å². The maximum Gasteiger partial charge on any atom is 0.125 e. The zero-order chi connectivity index (χ0) is 21.5. The van der Waals surface area contributed by atoms with Crippen molar-refractivity contribution in [2.24, 2.45) is 29.1 Å². The van der Waals surface area contributed by atoms with E-state index in [-0.39, 0.29) is 5.54 Å². The number of fused-ring (bicyclic) bond motifs is 5. The predicted octanol–water partition coefficient (Wildman–Crippen LogP) is 6.36. The highest BCUT2D eigenvalue weighted by Crippen LogP contribution is 2.65. The van der Waals surface area contributed by atoms with Gasteiger partial charge in [-0.05, 0) is 93.5 Å². The fourth-order valence-electron chi connectivity index (χ4n) is 8.05. The van der Waals surface area contributed by atoms with Crippen LogP contribution < -0.4 is 4.98 Å². The molecule has 8 atom stereocenters. The molecule has 2 nitrogen and oxygen atoms in total. The molecule has 0 aromatic carbocycles. The van der Waals surface area contributed by atoms with Gasteiger partial charge >= 0.3 is 0 Å². The molecule has 2 heterocycles. The molecule has 3 fully saturated rings. The van der Waals surface area contributed by atoms with Gasteiger partial charge in [-0.1, -0.05) is 39.9 Å². The first-order valence-electron chi connectivity index (χ1n) is 12.1. The summed E-state index contributed by atoms with van der Waals surface area (Å²) in [6.45, 7) is 22.1. The van der Waals surface area contributed by atoms with E-state index in [9.17, 15) is 0 Å². The minimum Gasteiger partial charge on any atom is -0.332 e. The monoisotopic (exact) mass is 434 g/mol. The first-order valence-corrected chi connectivity index (χ1v) is 16.0. The van der Waals surface area contributed by atoms with Gasteiger partial charge in [0.15, 0.2) is 0 Å². The van der Waals surface area contributed by atoms with Crippen LogP contribution in [0, 0.1) is 29.1 Å². The summed E-state index contributed by atoms with van der Waals surface area (Å²) in [4.78, 5) is 8.70. The molecular formula is C25H46N2SSi. The van der Waals surface area contributed by atoms with Crippen LogP contribution >= 0.6 is 11.8 Å². The van der Waals surface area contributed by atoms with Crippen LogP contribution in [0.1, 0.15) is 67.7 Å². The van der Waals surface area contributed by atoms with Crippen molar-refractivity contribution >= 4 is 20.0 Å². The molecular weight excluding hydrogens is 388 g/mol. The van der Waals surface area contributed by atoms with Crippen LogP contribution in [0.5, 0.6) is 0 Å². The Morgan fingerprint density at radius 2 is 1.76 bits per heavy atom. The molecule has 29 heavy (non-hydrogen) atoms. The first-order chi connectivity index (χ1) is 13.2. The normalized spacial score (nSPS) is 43.2. The number of nitrogens with zero attached hydrogens (tertiary/aromatic N) is 1. The van der Waals surface area contributed by atoms with Gasteiger partial charge in [-0.15, -0.1) is 11.8 Å². The first kappa shape index (κ1) is 22.4. The van der Waals surface area contributed by atoms with Gasteiger partial charge in [0.2, 0.25) is 0 Å². The van der Waals surface area contributed by atoms with Gasteiger partial charge in [0.05, 0.1) is 0 Å². The molecule has 4 heteroatoms. The molecule has 8 unspecified atom stereocenters. The Bertz CT molecular complexity index is 673. The molecule has 2 saturated carbocycles. The minimum absolute atomic E-state index is 0.205. The van der Waals surface area contributed by atoms with Crippen molar-refractivity contribution in [2.75, 3.05) is 7.05 Å². The second kappa shape index (κ2) is 7.12. The average molecular weight is 435 g/mol. The molecule has 2 aliphatic heterocycles. The van der Waals surface area contributed by atoms with Crippen molar-refractivity contribution in [1.82, 2.24) is 9.88 Å². The lowest BCUT2D eigenvalue weighted by Crippen LogP contribution is -2.61. The zero-order valence-corrected chi connectivity index (χ0v) is 22.5. The van der Waals surface area contributed by atoms with Gasteiger partial charge in [-0.2, -0.15) is 0 Å². The standard InChI is InChI=1S/C25H46N2SSi/c1-15-13-18-20-17-12-11-16(24(2,3)4)14-19(17)27(8)21(20)23(22(18)28-15)29(9,10)26-25(5,6)7/h13,16-23,26H,11-12,14H2,1-10H3. The van der Waals surface area contributed by atoms with Crippen LogP contribution in [-0.2, 0) is 0 Å². The molecule has 0 bridgehead atoms. The van der Waals surface area contributed by atoms with Crippen molar-refractivity contribution < 1.29 is 0 Å². The summed E-state index contributed by atoms with van der Waals surface area (Å²) in [6, 6.07) is 1.59. The summed E-state index contributed by atoms with van der Waals surface area (Å²) in [5, 5.41) is 0.810. The van der Waals surface area contributed by atoms with E-state index in [0.717, 1.165) is 46.5 Å². The van der Waals surface area contributed by atoms with E-state index in [4.69, 9.17) is 0 Å². The summed E-state index contributed by atoms with van der Waals surface area (Å²) >= 11 is 2.23. The third-order valence-corrected chi connectivity index (χ3v) is 14.2. The maximum atomic E-state index is 4.19. The van der Waals surface area contributed by atoms with E-state index in [0.29, 0.717) is 5.41 Å². The summed E-state index contributed by atoms with van der Waals surface area (Å²) in [5.41, 5.74) is 1.49. The van der Waals surface area contributed by atoms with Crippen LogP contribution in [0.15, 0.2) is 11.0 Å².